The Hall–Kier alpha value is -1.16. The van der Waals surface area contributed by atoms with E-state index in [4.69, 9.17) is 23.2 Å². The van der Waals surface area contributed by atoms with Crippen LogP contribution in [0.3, 0.4) is 0 Å². The average molecular weight is 328 g/mol. The van der Waals surface area contributed by atoms with Crippen LogP contribution in [-0.4, -0.2) is 6.04 Å². The second-order valence-electron chi connectivity index (χ2n) is 5.20. The molecular formula is C16H13Cl2F2N. The Morgan fingerprint density at radius 2 is 1.71 bits per heavy atom. The van der Waals surface area contributed by atoms with Crippen LogP contribution in [0.1, 0.15) is 18.4 Å². The smallest absolute Gasteiger partial charge is 0.160 e. The summed E-state index contributed by atoms with van der Waals surface area (Å²) in [6.45, 7) is 0.645. The van der Waals surface area contributed by atoms with Gasteiger partial charge in [0.2, 0.25) is 0 Å². The highest BCUT2D eigenvalue weighted by atomic mass is 35.5. The molecule has 110 valence electrons. The fraction of sp³-hybridized carbons (Fsp3) is 0.250. The van der Waals surface area contributed by atoms with Gasteiger partial charge in [-0.2, -0.15) is 0 Å². The minimum Gasteiger partial charge on any atom is -0.310 e. The van der Waals surface area contributed by atoms with Crippen molar-refractivity contribution >= 4 is 23.2 Å². The molecule has 1 fully saturated rings. The first-order valence-corrected chi connectivity index (χ1v) is 7.47. The maximum atomic E-state index is 13.5. The average Bonchev–Trinajstić information content (AvgIpc) is 3.25. The van der Waals surface area contributed by atoms with Gasteiger partial charge in [0, 0.05) is 23.2 Å². The third-order valence-electron chi connectivity index (χ3n) is 3.53. The monoisotopic (exact) mass is 327 g/mol. The first-order valence-electron chi connectivity index (χ1n) is 6.71. The predicted molar refractivity (Wildman–Crippen MR) is 81.7 cm³/mol. The van der Waals surface area contributed by atoms with Crippen LogP contribution >= 0.6 is 23.2 Å². The molecule has 0 radical (unpaired) electrons. The van der Waals surface area contributed by atoms with Gasteiger partial charge in [0.15, 0.2) is 11.6 Å². The van der Waals surface area contributed by atoms with E-state index in [1.54, 1.807) is 12.1 Å². The molecule has 1 nitrogen and oxygen atoms in total. The zero-order valence-electron chi connectivity index (χ0n) is 11.1. The van der Waals surface area contributed by atoms with Gasteiger partial charge < -0.3 is 5.32 Å². The molecule has 0 saturated heterocycles. The van der Waals surface area contributed by atoms with E-state index >= 15 is 0 Å². The van der Waals surface area contributed by atoms with Gasteiger partial charge >= 0.3 is 0 Å². The molecule has 1 aliphatic carbocycles. The van der Waals surface area contributed by atoms with Crippen molar-refractivity contribution in [3.63, 3.8) is 0 Å². The van der Waals surface area contributed by atoms with E-state index in [1.807, 2.05) is 6.07 Å². The summed E-state index contributed by atoms with van der Waals surface area (Å²) in [5.41, 5.74) is 2.13. The highest BCUT2D eigenvalue weighted by molar-refractivity contribution is 6.34. The molecule has 2 aromatic rings. The van der Waals surface area contributed by atoms with Crippen molar-refractivity contribution in [3.8, 4) is 11.1 Å². The van der Waals surface area contributed by atoms with Crippen molar-refractivity contribution in [3.05, 3.63) is 57.6 Å². The molecule has 5 heteroatoms. The normalized spacial score (nSPS) is 14.5. The molecule has 1 N–H and O–H groups in total. The maximum absolute atomic E-state index is 13.5. The summed E-state index contributed by atoms with van der Waals surface area (Å²) in [4.78, 5) is 0. The van der Waals surface area contributed by atoms with Crippen molar-refractivity contribution < 1.29 is 8.78 Å². The first-order chi connectivity index (χ1) is 10.0. The maximum Gasteiger partial charge on any atom is 0.160 e. The number of benzene rings is 2. The van der Waals surface area contributed by atoms with Crippen molar-refractivity contribution in [2.24, 2.45) is 0 Å². The first kappa shape index (κ1) is 14.8. The standard InChI is InChI=1S/C16H13Cl2F2N/c17-10-2-1-9(8-21-11-3-4-11)12(5-10)13-6-15(19)16(20)7-14(13)18/h1-2,5-7,11,21H,3-4,8H2. The highest BCUT2D eigenvalue weighted by Crippen LogP contribution is 2.34. The lowest BCUT2D eigenvalue weighted by Gasteiger charge is -2.13. The predicted octanol–water partition coefficient (Wildman–Crippen LogP) is 5.19. The van der Waals surface area contributed by atoms with Crippen LogP contribution in [0.2, 0.25) is 10.0 Å². The Kier molecular flexibility index (Phi) is 4.16. The quantitative estimate of drug-likeness (QED) is 0.762. The lowest BCUT2D eigenvalue weighted by atomic mass is 9.99. The van der Waals surface area contributed by atoms with Gasteiger partial charge in [-0.05, 0) is 48.2 Å². The molecule has 3 rings (SSSR count). The van der Waals surface area contributed by atoms with E-state index < -0.39 is 11.6 Å². The molecule has 2 aromatic carbocycles. The second-order valence-corrected chi connectivity index (χ2v) is 6.05. The summed E-state index contributed by atoms with van der Waals surface area (Å²) in [5.74, 6) is -1.88. The zero-order valence-corrected chi connectivity index (χ0v) is 12.6. The topological polar surface area (TPSA) is 12.0 Å². The Bertz CT molecular complexity index is 684. The zero-order chi connectivity index (χ0) is 15.0. The van der Waals surface area contributed by atoms with E-state index in [0.717, 1.165) is 23.3 Å². The number of hydrogen-bond acceptors (Lipinski definition) is 1. The third kappa shape index (κ3) is 3.37. The van der Waals surface area contributed by atoms with E-state index in [-0.39, 0.29) is 5.02 Å². The minimum absolute atomic E-state index is 0.170. The van der Waals surface area contributed by atoms with Crippen LogP contribution in [0.25, 0.3) is 11.1 Å². The molecule has 0 amide bonds. The summed E-state index contributed by atoms with van der Waals surface area (Å²) < 4.78 is 26.7. The van der Waals surface area contributed by atoms with Crippen LogP contribution in [-0.2, 0) is 6.54 Å². The fourth-order valence-corrected chi connectivity index (χ4v) is 2.65. The highest BCUT2D eigenvalue weighted by Gasteiger charge is 2.21. The molecule has 1 saturated carbocycles. The molecule has 0 spiro atoms. The van der Waals surface area contributed by atoms with Crippen LogP contribution in [0.5, 0.6) is 0 Å². The van der Waals surface area contributed by atoms with Crippen molar-refractivity contribution in [2.75, 3.05) is 0 Å². The third-order valence-corrected chi connectivity index (χ3v) is 4.08. The van der Waals surface area contributed by atoms with Gasteiger partial charge in [0.05, 0.1) is 5.02 Å². The van der Waals surface area contributed by atoms with Gasteiger partial charge in [-0.15, -0.1) is 0 Å². The molecule has 0 bridgehead atoms. The van der Waals surface area contributed by atoms with Crippen LogP contribution in [0, 0.1) is 11.6 Å². The van der Waals surface area contributed by atoms with Crippen molar-refractivity contribution in [1.82, 2.24) is 5.32 Å². The molecule has 0 unspecified atom stereocenters. The largest absolute Gasteiger partial charge is 0.310 e. The Morgan fingerprint density at radius 3 is 2.43 bits per heavy atom. The Balaban J connectivity index is 2.02. The van der Waals surface area contributed by atoms with Gasteiger partial charge in [-0.3, -0.25) is 0 Å². The van der Waals surface area contributed by atoms with Crippen LogP contribution in [0.4, 0.5) is 8.78 Å². The van der Waals surface area contributed by atoms with Crippen LogP contribution in [0.15, 0.2) is 30.3 Å². The van der Waals surface area contributed by atoms with Gasteiger partial charge in [0.25, 0.3) is 0 Å². The Labute approximate surface area is 131 Å². The second kappa shape index (κ2) is 5.91. The number of hydrogen-bond donors (Lipinski definition) is 1. The molecule has 0 atom stereocenters. The van der Waals surface area contributed by atoms with Crippen molar-refractivity contribution in [2.45, 2.75) is 25.4 Å². The molecule has 0 aromatic heterocycles. The molecule has 21 heavy (non-hydrogen) atoms. The lowest BCUT2D eigenvalue weighted by molar-refractivity contribution is 0.509. The summed E-state index contributed by atoms with van der Waals surface area (Å²) in [5, 5.41) is 4.09. The van der Waals surface area contributed by atoms with Crippen LogP contribution < -0.4 is 5.32 Å². The van der Waals surface area contributed by atoms with E-state index in [0.29, 0.717) is 23.2 Å². The van der Waals surface area contributed by atoms with Crippen molar-refractivity contribution in [1.29, 1.82) is 0 Å². The fourth-order valence-electron chi connectivity index (χ4n) is 2.22. The summed E-state index contributed by atoms with van der Waals surface area (Å²) in [6, 6.07) is 8.04. The van der Waals surface area contributed by atoms with Gasteiger partial charge in [-0.25, -0.2) is 8.78 Å². The number of halogens is 4. The van der Waals surface area contributed by atoms with E-state index in [9.17, 15) is 8.78 Å². The molecule has 1 aliphatic rings. The van der Waals surface area contributed by atoms with E-state index in [1.165, 1.54) is 12.8 Å². The number of nitrogens with one attached hydrogen (secondary N) is 1. The minimum atomic E-state index is -0.955. The molecular weight excluding hydrogens is 315 g/mol. The van der Waals surface area contributed by atoms with Gasteiger partial charge in [-0.1, -0.05) is 29.3 Å². The molecule has 0 aliphatic heterocycles. The van der Waals surface area contributed by atoms with Gasteiger partial charge in [0.1, 0.15) is 0 Å². The number of rotatable bonds is 4. The van der Waals surface area contributed by atoms with E-state index in [2.05, 4.69) is 5.32 Å². The Morgan fingerprint density at radius 1 is 1.00 bits per heavy atom. The summed E-state index contributed by atoms with van der Waals surface area (Å²) in [7, 11) is 0. The summed E-state index contributed by atoms with van der Waals surface area (Å²) >= 11 is 12.1. The molecule has 0 heterocycles. The lowest BCUT2D eigenvalue weighted by Crippen LogP contribution is -2.15. The SMILES string of the molecule is Fc1cc(Cl)c(-c2cc(Cl)ccc2CNC2CC2)cc1F. The summed E-state index contributed by atoms with van der Waals surface area (Å²) in [6.07, 6.45) is 2.35.